The van der Waals surface area contributed by atoms with Crippen LogP contribution in [0.25, 0.3) is 44.8 Å². The van der Waals surface area contributed by atoms with Gasteiger partial charge >= 0.3 is 24.3 Å². The van der Waals surface area contributed by atoms with Crippen molar-refractivity contribution < 1.29 is 51.7 Å². The molecule has 0 bridgehead atoms. The smallest absolute Gasteiger partial charge is 0.475 e. The quantitative estimate of drug-likeness (QED) is 0.104. The van der Waals surface area contributed by atoms with E-state index < -0.39 is 36.0 Å². The molecular formula is C42H47F3N10O8. The zero-order chi connectivity index (χ0) is 45.8. The minimum Gasteiger partial charge on any atom is -0.475 e. The highest BCUT2D eigenvalue weighted by Gasteiger charge is 2.47. The molecule has 5 heterocycles. The molecule has 21 heteroatoms. The van der Waals surface area contributed by atoms with E-state index in [9.17, 15) is 32.3 Å². The highest BCUT2D eigenvalue weighted by molar-refractivity contribution is 5.88. The Hall–Kier alpha value is -7.06. The second-order valence-electron chi connectivity index (χ2n) is 15.6. The number of aromatic amines is 2. The second-order valence-corrected chi connectivity index (χ2v) is 15.6. The van der Waals surface area contributed by atoms with Crippen LogP contribution in [0.5, 0.6) is 0 Å². The Morgan fingerprint density at radius 2 is 1.46 bits per heavy atom. The number of alkyl carbamates (subject to hydrolysis) is 1. The number of primary amides is 1. The van der Waals surface area contributed by atoms with Crippen LogP contribution in [0, 0.1) is 5.92 Å². The van der Waals surface area contributed by atoms with Gasteiger partial charge in [-0.1, -0.05) is 44.2 Å². The van der Waals surface area contributed by atoms with Crippen molar-refractivity contribution in [2.24, 2.45) is 11.7 Å². The molecule has 2 unspecified atom stereocenters. The third kappa shape index (κ3) is 10.0. The molecule has 2 saturated heterocycles. The molecule has 0 spiro atoms. The number of halogens is 3. The topological polar surface area (TPSA) is 252 Å². The Morgan fingerprint density at radius 3 is 2.06 bits per heavy atom. The summed E-state index contributed by atoms with van der Waals surface area (Å²) in [6.45, 7) is 8.01. The number of nitrogens with two attached hydrogens (primary N) is 1. The Labute approximate surface area is 358 Å². The number of methoxy groups -OCH3 is 1. The van der Waals surface area contributed by atoms with Gasteiger partial charge in [0.2, 0.25) is 5.91 Å². The molecule has 6 N–H and O–H groups in total. The number of hydrogen-bond acceptors (Lipinski definition) is 11. The maximum Gasteiger partial charge on any atom is 0.490 e. The van der Waals surface area contributed by atoms with Crippen LogP contribution in [0.4, 0.5) is 22.8 Å². The number of benzene rings is 2. The first-order valence-corrected chi connectivity index (χ1v) is 20.0. The van der Waals surface area contributed by atoms with Crippen LogP contribution in [0.15, 0.2) is 61.1 Å². The number of alkyl halides is 3. The lowest BCUT2D eigenvalue weighted by atomic mass is 9.90. The minimum absolute atomic E-state index is 0.191. The Balaban J connectivity index is 0.000000871. The van der Waals surface area contributed by atoms with Crippen LogP contribution in [0.1, 0.15) is 77.1 Å². The molecule has 0 radical (unpaired) electrons. The standard InChI is InChI=1S/C40H46N10O6.C2HF3O2/c1-22(2)40(4,56-38(41)53)37(52)50-17-7-9-33(50)35-43-20-30(47-35)25-12-10-24(11-13-25)29-19-42-28-18-26(14-15-27(28)46-29)31-21-44-34(48-31)32-8-6-16-49(32)36(51)23(3)45-39(54)55-5;3-2(4,5)1(6)7/h10-15,18-23,32-33H,6-9,16-17H2,1-5H3,(H2,41,53)(H,43,47)(H,44,48)(H,45,54);(H,6,7)/t23-,32?,33?,40-;/m0./s1. The van der Waals surface area contributed by atoms with Crippen molar-refractivity contribution in [2.75, 3.05) is 20.2 Å². The largest absolute Gasteiger partial charge is 0.490 e. The summed E-state index contributed by atoms with van der Waals surface area (Å²) in [7, 11) is 1.26. The number of amides is 4. The molecule has 3 aromatic heterocycles. The first kappa shape index (κ1) is 45.5. The number of aromatic nitrogens is 6. The van der Waals surface area contributed by atoms with E-state index in [1.165, 1.54) is 7.11 Å². The summed E-state index contributed by atoms with van der Waals surface area (Å²) in [4.78, 5) is 88.3. The predicted molar refractivity (Wildman–Crippen MR) is 220 cm³/mol. The molecular weight excluding hydrogens is 830 g/mol. The third-order valence-electron chi connectivity index (χ3n) is 11.2. The van der Waals surface area contributed by atoms with Gasteiger partial charge in [-0.15, -0.1) is 0 Å². The van der Waals surface area contributed by atoms with Crippen LogP contribution >= 0.6 is 0 Å². The number of likely N-dealkylation sites (tertiary alicyclic amines) is 2. The number of nitrogens with one attached hydrogen (secondary N) is 3. The van der Waals surface area contributed by atoms with Crippen LogP contribution in [0.3, 0.4) is 0 Å². The lowest BCUT2D eigenvalue weighted by Gasteiger charge is -2.36. The average Bonchev–Trinajstić information content (AvgIpc) is 4.09. The molecule has 18 nitrogen and oxygen atoms in total. The number of H-pyrrole nitrogens is 2. The SMILES string of the molecule is COC(=O)N[C@@H](C)C(=O)N1CCCC1c1ncc(-c2ccc3nc(-c4ccc(-c5c[nH]c(C6CCCN6C(=O)[C@@](C)(OC(N)=O)C(C)C)n5)cc4)cnc3c2)[nH]1.O=C(O)C(F)(F)F. The fraction of sp³-hybridized carbons (Fsp3) is 0.405. The van der Waals surface area contributed by atoms with Gasteiger partial charge in [0.05, 0.1) is 59.7 Å². The third-order valence-corrected chi connectivity index (χ3v) is 11.2. The van der Waals surface area contributed by atoms with Crippen LogP contribution in [-0.2, 0) is 23.9 Å². The van der Waals surface area contributed by atoms with E-state index in [1.54, 1.807) is 36.0 Å². The van der Waals surface area contributed by atoms with Gasteiger partial charge in [-0.05, 0) is 51.7 Å². The second kappa shape index (κ2) is 18.5. The van der Waals surface area contributed by atoms with Crippen LogP contribution in [0.2, 0.25) is 0 Å². The maximum absolute atomic E-state index is 13.7. The van der Waals surface area contributed by atoms with Gasteiger partial charge < -0.3 is 45.4 Å². The number of carboxylic acid groups (broad SMARTS) is 1. The van der Waals surface area contributed by atoms with Crippen molar-refractivity contribution in [3.63, 3.8) is 0 Å². The summed E-state index contributed by atoms with van der Waals surface area (Å²) in [5.74, 6) is -2.16. The van der Waals surface area contributed by atoms with E-state index in [-0.39, 0.29) is 29.8 Å². The van der Waals surface area contributed by atoms with Crippen molar-refractivity contribution in [3.05, 3.63) is 72.7 Å². The number of imidazole rings is 2. The van der Waals surface area contributed by atoms with Crippen molar-refractivity contribution in [1.82, 2.24) is 45.0 Å². The lowest BCUT2D eigenvalue weighted by Crippen LogP contribution is -2.53. The zero-order valence-corrected chi connectivity index (χ0v) is 35.0. The average molecular weight is 877 g/mol. The lowest BCUT2D eigenvalue weighted by molar-refractivity contribution is -0.192. The Kier molecular flexibility index (Phi) is 13.4. The molecule has 4 amide bonds. The van der Waals surface area contributed by atoms with E-state index in [0.717, 1.165) is 70.5 Å². The fourth-order valence-electron chi connectivity index (χ4n) is 7.49. The number of ether oxygens (including phenoxy) is 2. The summed E-state index contributed by atoms with van der Waals surface area (Å²) in [5, 5.41) is 9.68. The van der Waals surface area contributed by atoms with Gasteiger partial charge in [0.25, 0.3) is 5.91 Å². The molecule has 0 aliphatic carbocycles. The number of carbonyl (C=O) groups is 5. The summed E-state index contributed by atoms with van der Waals surface area (Å²) in [5.41, 5.74) is 10.3. The summed E-state index contributed by atoms with van der Waals surface area (Å²) in [6.07, 6.45) is 1.74. The van der Waals surface area contributed by atoms with Crippen LogP contribution in [-0.4, -0.2) is 113 Å². The molecule has 5 aromatic rings. The Morgan fingerprint density at radius 1 is 0.857 bits per heavy atom. The van der Waals surface area contributed by atoms with E-state index in [4.69, 9.17) is 35.3 Å². The normalized spacial score (nSPS) is 17.7. The number of rotatable bonds is 10. The first-order chi connectivity index (χ1) is 29.8. The fourth-order valence-corrected chi connectivity index (χ4v) is 7.49. The van der Waals surface area contributed by atoms with Crippen molar-refractivity contribution in [1.29, 1.82) is 0 Å². The van der Waals surface area contributed by atoms with E-state index >= 15 is 0 Å². The van der Waals surface area contributed by atoms with Gasteiger partial charge in [-0.3, -0.25) is 14.6 Å². The molecule has 2 aromatic carbocycles. The van der Waals surface area contributed by atoms with Gasteiger partial charge in [-0.25, -0.2) is 29.3 Å². The van der Waals surface area contributed by atoms with E-state index in [2.05, 4.69) is 25.0 Å². The van der Waals surface area contributed by atoms with Crippen molar-refractivity contribution in [2.45, 2.75) is 83.3 Å². The van der Waals surface area contributed by atoms with Gasteiger partial charge in [0.1, 0.15) is 17.7 Å². The Bertz CT molecular complexity index is 2490. The maximum atomic E-state index is 13.7. The number of nitrogens with zero attached hydrogens (tertiary/aromatic N) is 6. The minimum atomic E-state index is -5.08. The number of carbonyl (C=O) groups excluding carboxylic acids is 4. The number of carboxylic acids is 1. The molecule has 2 fully saturated rings. The summed E-state index contributed by atoms with van der Waals surface area (Å²) >= 11 is 0. The first-order valence-electron chi connectivity index (χ1n) is 20.0. The number of aliphatic carboxylic acids is 1. The molecule has 2 aliphatic heterocycles. The summed E-state index contributed by atoms with van der Waals surface area (Å²) in [6, 6.07) is 12.5. The molecule has 63 heavy (non-hydrogen) atoms. The predicted octanol–water partition coefficient (Wildman–Crippen LogP) is 6.29. The number of hydrogen-bond donors (Lipinski definition) is 5. The highest BCUT2D eigenvalue weighted by Crippen LogP contribution is 2.37. The van der Waals surface area contributed by atoms with Gasteiger partial charge in [-0.2, -0.15) is 13.2 Å². The monoisotopic (exact) mass is 876 g/mol. The van der Waals surface area contributed by atoms with Crippen molar-refractivity contribution in [3.8, 4) is 33.8 Å². The number of fused-ring (bicyclic) bond motifs is 1. The highest BCUT2D eigenvalue weighted by atomic mass is 19.4. The molecule has 0 saturated carbocycles. The van der Waals surface area contributed by atoms with Crippen molar-refractivity contribution >= 4 is 41.0 Å². The van der Waals surface area contributed by atoms with E-state index in [0.29, 0.717) is 24.7 Å². The summed E-state index contributed by atoms with van der Waals surface area (Å²) < 4.78 is 41.7. The van der Waals surface area contributed by atoms with E-state index in [1.807, 2.05) is 62.5 Å². The molecule has 334 valence electrons. The van der Waals surface area contributed by atoms with Crippen LogP contribution < -0.4 is 11.1 Å². The molecule has 4 atom stereocenters. The van der Waals surface area contributed by atoms with Gasteiger partial charge in [0, 0.05) is 41.9 Å². The van der Waals surface area contributed by atoms with Gasteiger partial charge in [0.15, 0.2) is 5.60 Å². The molecule has 7 rings (SSSR count). The zero-order valence-electron chi connectivity index (χ0n) is 35.0. The molecule has 2 aliphatic rings.